The number of rotatable bonds is 7. The minimum absolute atomic E-state index is 0.0766. The number of carbonyl (C=O) groups is 1. The van der Waals surface area contributed by atoms with E-state index in [1.807, 2.05) is 91.9 Å². The molecule has 0 radical (unpaired) electrons. The fourth-order valence-corrected chi connectivity index (χ4v) is 4.42. The lowest BCUT2D eigenvalue weighted by molar-refractivity contribution is -0.115. The third-order valence-corrected chi connectivity index (χ3v) is 6.06. The molecule has 0 fully saturated rings. The summed E-state index contributed by atoms with van der Waals surface area (Å²) in [5, 5.41) is 3.41. The van der Waals surface area contributed by atoms with Crippen molar-refractivity contribution >= 4 is 34.4 Å². The maximum atomic E-state index is 13.3. The van der Waals surface area contributed by atoms with Gasteiger partial charge in [-0.15, -0.1) is 6.58 Å². The fraction of sp³-hybridized carbons (Fsp3) is 0.120. The van der Waals surface area contributed by atoms with Gasteiger partial charge in [0.05, 0.1) is 11.0 Å². The van der Waals surface area contributed by atoms with Crippen LogP contribution in [0.15, 0.2) is 96.7 Å². The molecule has 0 aliphatic rings. The van der Waals surface area contributed by atoms with Crippen LogP contribution >= 0.6 is 11.8 Å². The summed E-state index contributed by atoms with van der Waals surface area (Å²) in [6, 6.07) is 25.6. The normalized spacial score (nSPS) is 11.9. The SMILES string of the molecule is C=CCn1c(SC(C(=O)Nc2ccc(C)cc2)c2ccccc2)nc2ccccc21. The van der Waals surface area contributed by atoms with E-state index in [2.05, 4.69) is 16.5 Å². The number of fused-ring (bicyclic) bond motifs is 1. The van der Waals surface area contributed by atoms with Crippen LogP contribution in [-0.2, 0) is 11.3 Å². The summed E-state index contributed by atoms with van der Waals surface area (Å²) in [5.41, 5.74) is 4.81. The van der Waals surface area contributed by atoms with Gasteiger partial charge in [0, 0.05) is 12.2 Å². The monoisotopic (exact) mass is 413 g/mol. The first-order valence-corrected chi connectivity index (χ1v) is 10.7. The Labute approximate surface area is 180 Å². The van der Waals surface area contributed by atoms with Crippen LogP contribution in [0.3, 0.4) is 0 Å². The molecule has 1 heterocycles. The van der Waals surface area contributed by atoms with Gasteiger partial charge in [0.2, 0.25) is 5.91 Å². The Morgan fingerprint density at radius 3 is 2.50 bits per heavy atom. The van der Waals surface area contributed by atoms with Crippen LogP contribution in [0.5, 0.6) is 0 Å². The van der Waals surface area contributed by atoms with Crippen molar-refractivity contribution in [1.82, 2.24) is 9.55 Å². The number of nitrogens with one attached hydrogen (secondary N) is 1. The molecule has 0 aliphatic carbocycles. The van der Waals surface area contributed by atoms with E-state index in [0.29, 0.717) is 6.54 Å². The maximum absolute atomic E-state index is 13.3. The number of aryl methyl sites for hydroxylation is 1. The molecule has 1 amide bonds. The number of hydrogen-bond acceptors (Lipinski definition) is 3. The van der Waals surface area contributed by atoms with E-state index in [0.717, 1.165) is 33.0 Å². The van der Waals surface area contributed by atoms with Crippen molar-refractivity contribution in [2.24, 2.45) is 0 Å². The van der Waals surface area contributed by atoms with Crippen LogP contribution in [0.2, 0.25) is 0 Å². The Balaban J connectivity index is 1.69. The smallest absolute Gasteiger partial charge is 0.242 e. The molecule has 150 valence electrons. The molecule has 0 bridgehead atoms. The van der Waals surface area contributed by atoms with Crippen molar-refractivity contribution in [1.29, 1.82) is 0 Å². The number of benzene rings is 3. The first-order chi connectivity index (χ1) is 14.7. The Kier molecular flexibility index (Phi) is 6.00. The van der Waals surface area contributed by atoms with E-state index < -0.39 is 5.25 Å². The van der Waals surface area contributed by atoms with Crippen molar-refractivity contribution < 1.29 is 4.79 Å². The topological polar surface area (TPSA) is 46.9 Å². The second-order valence-electron chi connectivity index (χ2n) is 7.05. The van der Waals surface area contributed by atoms with Crippen LogP contribution in [-0.4, -0.2) is 15.5 Å². The summed E-state index contributed by atoms with van der Waals surface area (Å²) < 4.78 is 2.10. The predicted molar refractivity (Wildman–Crippen MR) is 125 cm³/mol. The standard InChI is InChI=1S/C25H23N3OS/c1-3-17-28-22-12-8-7-11-21(22)27-25(28)30-23(19-9-5-4-6-10-19)24(29)26-20-15-13-18(2)14-16-20/h3-16,23H,1,17H2,2H3,(H,26,29). The molecule has 5 heteroatoms. The molecule has 1 unspecified atom stereocenters. The van der Waals surface area contributed by atoms with Gasteiger partial charge in [-0.2, -0.15) is 0 Å². The zero-order valence-electron chi connectivity index (χ0n) is 16.8. The second-order valence-corrected chi connectivity index (χ2v) is 8.12. The van der Waals surface area contributed by atoms with Crippen LogP contribution in [0, 0.1) is 6.92 Å². The number of thioether (sulfide) groups is 1. The van der Waals surface area contributed by atoms with Gasteiger partial charge in [-0.05, 0) is 36.8 Å². The number of nitrogens with zero attached hydrogens (tertiary/aromatic N) is 2. The quantitative estimate of drug-likeness (QED) is 0.298. The number of imidazole rings is 1. The van der Waals surface area contributed by atoms with Crippen LogP contribution in [0.4, 0.5) is 5.69 Å². The summed E-state index contributed by atoms with van der Waals surface area (Å²) >= 11 is 1.46. The summed E-state index contributed by atoms with van der Waals surface area (Å²) in [6.45, 7) is 6.54. The molecule has 30 heavy (non-hydrogen) atoms. The second kappa shape index (κ2) is 9.01. The zero-order chi connectivity index (χ0) is 20.9. The highest BCUT2D eigenvalue weighted by Gasteiger charge is 2.25. The van der Waals surface area contributed by atoms with E-state index >= 15 is 0 Å². The first-order valence-electron chi connectivity index (χ1n) is 9.81. The van der Waals surface area contributed by atoms with Gasteiger partial charge < -0.3 is 9.88 Å². The van der Waals surface area contributed by atoms with Gasteiger partial charge >= 0.3 is 0 Å². The van der Waals surface area contributed by atoms with Crippen molar-refractivity contribution in [3.8, 4) is 0 Å². The van der Waals surface area contributed by atoms with E-state index in [4.69, 9.17) is 4.98 Å². The van der Waals surface area contributed by atoms with Crippen LogP contribution < -0.4 is 5.32 Å². The number of para-hydroxylation sites is 2. The molecule has 1 N–H and O–H groups in total. The Hall–Kier alpha value is -3.31. The number of aromatic nitrogens is 2. The fourth-order valence-electron chi connectivity index (χ4n) is 3.30. The van der Waals surface area contributed by atoms with Crippen molar-refractivity contribution in [2.45, 2.75) is 23.9 Å². The van der Waals surface area contributed by atoms with Gasteiger partial charge in [0.25, 0.3) is 0 Å². The molecule has 3 aromatic carbocycles. The van der Waals surface area contributed by atoms with Crippen LogP contribution in [0.25, 0.3) is 11.0 Å². The largest absolute Gasteiger partial charge is 0.325 e. The number of anilines is 1. The van der Waals surface area contributed by atoms with E-state index in [1.54, 1.807) is 0 Å². The summed E-state index contributed by atoms with van der Waals surface area (Å²) in [4.78, 5) is 18.1. The number of amides is 1. The highest BCUT2D eigenvalue weighted by Crippen LogP contribution is 2.37. The lowest BCUT2D eigenvalue weighted by Crippen LogP contribution is -2.19. The van der Waals surface area contributed by atoms with Crippen LogP contribution in [0.1, 0.15) is 16.4 Å². The van der Waals surface area contributed by atoms with E-state index in [-0.39, 0.29) is 5.91 Å². The van der Waals surface area contributed by atoms with E-state index in [9.17, 15) is 4.79 Å². The molecule has 1 atom stereocenters. The summed E-state index contributed by atoms with van der Waals surface area (Å²) in [6.07, 6.45) is 1.85. The molecule has 4 nitrogen and oxygen atoms in total. The molecular weight excluding hydrogens is 390 g/mol. The molecule has 4 rings (SSSR count). The first kappa shape index (κ1) is 20.0. The predicted octanol–water partition coefficient (Wildman–Crippen LogP) is 6.00. The lowest BCUT2D eigenvalue weighted by Gasteiger charge is -2.17. The molecule has 0 saturated carbocycles. The number of hydrogen-bond donors (Lipinski definition) is 1. The number of carbonyl (C=O) groups excluding carboxylic acids is 1. The Bertz CT molecular complexity index is 1170. The Morgan fingerprint density at radius 1 is 1.07 bits per heavy atom. The minimum Gasteiger partial charge on any atom is -0.325 e. The van der Waals surface area contributed by atoms with Crippen molar-refractivity contribution in [2.75, 3.05) is 5.32 Å². The molecular formula is C25H23N3OS. The van der Waals surface area contributed by atoms with Gasteiger partial charge in [-0.1, -0.05) is 78.0 Å². The van der Waals surface area contributed by atoms with E-state index in [1.165, 1.54) is 11.8 Å². The lowest BCUT2D eigenvalue weighted by atomic mass is 10.1. The van der Waals surface area contributed by atoms with Gasteiger partial charge in [0.15, 0.2) is 5.16 Å². The molecule has 1 aromatic heterocycles. The summed E-state index contributed by atoms with van der Waals surface area (Å²) in [5.74, 6) is -0.0766. The highest BCUT2D eigenvalue weighted by molar-refractivity contribution is 8.00. The minimum atomic E-state index is -0.437. The molecule has 0 spiro atoms. The Morgan fingerprint density at radius 2 is 1.77 bits per heavy atom. The molecule has 4 aromatic rings. The molecule has 0 saturated heterocycles. The van der Waals surface area contributed by atoms with Gasteiger partial charge in [0.1, 0.15) is 5.25 Å². The summed E-state index contributed by atoms with van der Waals surface area (Å²) in [7, 11) is 0. The number of allylic oxidation sites excluding steroid dienone is 1. The maximum Gasteiger partial charge on any atom is 0.242 e. The van der Waals surface area contributed by atoms with Gasteiger partial charge in [-0.25, -0.2) is 4.98 Å². The van der Waals surface area contributed by atoms with Crippen molar-refractivity contribution in [3.63, 3.8) is 0 Å². The van der Waals surface area contributed by atoms with Crippen molar-refractivity contribution in [3.05, 3.63) is 103 Å². The average molecular weight is 414 g/mol. The third kappa shape index (κ3) is 4.31. The molecule has 0 aliphatic heterocycles. The highest BCUT2D eigenvalue weighted by atomic mass is 32.2. The average Bonchev–Trinajstić information content (AvgIpc) is 3.12. The zero-order valence-corrected chi connectivity index (χ0v) is 17.6. The van der Waals surface area contributed by atoms with Gasteiger partial charge in [-0.3, -0.25) is 4.79 Å². The third-order valence-electron chi connectivity index (χ3n) is 4.81.